The molecule has 0 amide bonds. The summed E-state index contributed by atoms with van der Waals surface area (Å²) < 4.78 is 7.00. The molecule has 0 unspecified atom stereocenters. The first-order chi connectivity index (χ1) is 10.2. The first kappa shape index (κ1) is 13.5. The van der Waals surface area contributed by atoms with Crippen LogP contribution in [0, 0.1) is 0 Å². The van der Waals surface area contributed by atoms with Crippen LogP contribution in [0.4, 0.5) is 5.82 Å². The van der Waals surface area contributed by atoms with E-state index >= 15 is 0 Å². The van der Waals surface area contributed by atoms with Crippen LogP contribution in [-0.4, -0.2) is 54.6 Å². The number of nitrogens with two attached hydrogens (primary N) is 1. The fourth-order valence-electron chi connectivity index (χ4n) is 2.37. The fraction of sp³-hybridized carbons (Fsp3) is 0.500. The van der Waals surface area contributed by atoms with Gasteiger partial charge in [-0.1, -0.05) is 5.11 Å². The van der Waals surface area contributed by atoms with Gasteiger partial charge >= 0.3 is 0 Å². The average molecular weight is 292 g/mol. The van der Waals surface area contributed by atoms with Crippen molar-refractivity contribution in [3.63, 3.8) is 0 Å². The standard InChI is InChI=1S/C10H12N8O3/c11-8-6-9(14-2-13-8)18(3-15-6)10-7(20)5(16-17-12)4(1-19)21-10/h2-5,7,10,19-20H,1H2,(H2,11,13,14)/t4-,5-,7+,10-/m1/s1. The molecule has 11 heteroatoms. The lowest BCUT2D eigenvalue weighted by atomic mass is 10.1. The van der Waals surface area contributed by atoms with E-state index in [9.17, 15) is 10.2 Å². The molecule has 0 saturated carbocycles. The minimum atomic E-state index is -1.15. The molecule has 1 fully saturated rings. The van der Waals surface area contributed by atoms with Crippen LogP contribution >= 0.6 is 0 Å². The average Bonchev–Trinajstić information content (AvgIpc) is 3.03. The van der Waals surface area contributed by atoms with Crippen molar-refractivity contribution in [3.8, 4) is 0 Å². The summed E-state index contributed by atoms with van der Waals surface area (Å²) in [4.78, 5) is 14.6. The van der Waals surface area contributed by atoms with E-state index in [4.69, 9.17) is 16.0 Å². The van der Waals surface area contributed by atoms with Gasteiger partial charge in [0.2, 0.25) is 0 Å². The first-order valence-electron chi connectivity index (χ1n) is 6.09. The summed E-state index contributed by atoms with van der Waals surface area (Å²) in [5, 5.41) is 23.0. The summed E-state index contributed by atoms with van der Waals surface area (Å²) in [5.74, 6) is 0.205. The van der Waals surface area contributed by atoms with Gasteiger partial charge in [0.25, 0.3) is 0 Å². The molecule has 2 aromatic rings. The van der Waals surface area contributed by atoms with E-state index in [2.05, 4.69) is 25.0 Å². The molecule has 1 aliphatic rings. The van der Waals surface area contributed by atoms with Crippen LogP contribution in [0.5, 0.6) is 0 Å². The SMILES string of the molecule is [N-]=[N+]=N[C@H]1[C@H](O)[C@H](n2cnc3c(N)ncnc32)O[C@@H]1CO. The van der Waals surface area contributed by atoms with Crippen molar-refractivity contribution in [2.45, 2.75) is 24.5 Å². The fourth-order valence-corrected chi connectivity index (χ4v) is 2.37. The molecule has 1 aliphatic heterocycles. The number of hydrogen-bond donors (Lipinski definition) is 3. The molecule has 4 atom stereocenters. The monoisotopic (exact) mass is 292 g/mol. The Hall–Kier alpha value is -2.46. The minimum absolute atomic E-state index is 0.205. The highest BCUT2D eigenvalue weighted by Gasteiger charge is 2.44. The summed E-state index contributed by atoms with van der Waals surface area (Å²) in [6.45, 7) is -0.388. The van der Waals surface area contributed by atoms with Crippen molar-refractivity contribution in [1.82, 2.24) is 19.5 Å². The van der Waals surface area contributed by atoms with Crippen LogP contribution < -0.4 is 5.73 Å². The molecule has 0 aromatic carbocycles. The van der Waals surface area contributed by atoms with Gasteiger partial charge in [0, 0.05) is 4.91 Å². The van der Waals surface area contributed by atoms with Crippen molar-refractivity contribution in [2.75, 3.05) is 12.3 Å². The van der Waals surface area contributed by atoms with E-state index in [1.165, 1.54) is 17.2 Å². The van der Waals surface area contributed by atoms with E-state index in [0.29, 0.717) is 11.2 Å². The Morgan fingerprint density at radius 2 is 2.29 bits per heavy atom. The zero-order valence-electron chi connectivity index (χ0n) is 10.7. The number of imidazole rings is 1. The molecule has 3 heterocycles. The third-order valence-corrected chi connectivity index (χ3v) is 3.36. The van der Waals surface area contributed by atoms with Gasteiger partial charge in [-0.3, -0.25) is 4.57 Å². The molecule has 0 bridgehead atoms. The van der Waals surface area contributed by atoms with Crippen LogP contribution in [0.25, 0.3) is 21.6 Å². The highest BCUT2D eigenvalue weighted by Crippen LogP contribution is 2.33. The molecule has 21 heavy (non-hydrogen) atoms. The predicted octanol–water partition coefficient (Wildman–Crippen LogP) is -0.662. The van der Waals surface area contributed by atoms with Crippen molar-refractivity contribution in [2.24, 2.45) is 5.11 Å². The second kappa shape index (κ2) is 5.14. The molecule has 0 radical (unpaired) electrons. The molecule has 3 rings (SSSR count). The van der Waals surface area contributed by atoms with Crippen LogP contribution in [-0.2, 0) is 4.74 Å². The van der Waals surface area contributed by atoms with Gasteiger partial charge < -0.3 is 20.7 Å². The number of rotatable bonds is 3. The van der Waals surface area contributed by atoms with Gasteiger partial charge in [0.15, 0.2) is 17.7 Å². The summed E-state index contributed by atoms with van der Waals surface area (Å²) >= 11 is 0. The third-order valence-electron chi connectivity index (χ3n) is 3.36. The van der Waals surface area contributed by atoms with Gasteiger partial charge in [-0.25, -0.2) is 15.0 Å². The zero-order valence-corrected chi connectivity index (χ0v) is 10.7. The second-order valence-electron chi connectivity index (χ2n) is 4.52. The summed E-state index contributed by atoms with van der Waals surface area (Å²) in [7, 11) is 0. The Kier molecular flexibility index (Phi) is 3.31. The van der Waals surface area contributed by atoms with E-state index in [1.807, 2.05) is 0 Å². The van der Waals surface area contributed by atoms with Gasteiger partial charge in [0.1, 0.15) is 17.9 Å². The molecule has 11 nitrogen and oxygen atoms in total. The van der Waals surface area contributed by atoms with E-state index in [-0.39, 0.29) is 12.4 Å². The van der Waals surface area contributed by atoms with E-state index in [1.54, 1.807) is 0 Å². The van der Waals surface area contributed by atoms with E-state index in [0.717, 1.165) is 0 Å². The largest absolute Gasteiger partial charge is 0.394 e. The lowest BCUT2D eigenvalue weighted by molar-refractivity contribution is -0.0488. The van der Waals surface area contributed by atoms with Gasteiger partial charge in [-0.15, -0.1) is 0 Å². The topological polar surface area (TPSA) is 168 Å². The normalized spacial score (nSPS) is 28.7. The molecule has 1 saturated heterocycles. The van der Waals surface area contributed by atoms with Crippen LogP contribution in [0.2, 0.25) is 0 Å². The number of aliphatic hydroxyl groups is 2. The summed E-state index contributed by atoms with van der Waals surface area (Å²) in [5.41, 5.74) is 15.0. The van der Waals surface area contributed by atoms with Crippen LogP contribution in [0.3, 0.4) is 0 Å². The smallest absolute Gasteiger partial charge is 0.167 e. The van der Waals surface area contributed by atoms with Gasteiger partial charge in [-0.2, -0.15) is 0 Å². The Labute approximate surface area is 117 Å². The number of nitrogen functional groups attached to an aromatic ring is 1. The predicted molar refractivity (Wildman–Crippen MR) is 69.7 cm³/mol. The number of azide groups is 1. The molecule has 4 N–H and O–H groups in total. The number of nitrogens with zero attached hydrogens (tertiary/aromatic N) is 7. The maximum Gasteiger partial charge on any atom is 0.167 e. The Bertz CT molecular complexity index is 711. The number of fused-ring (bicyclic) bond motifs is 1. The third kappa shape index (κ3) is 2.04. The lowest BCUT2D eigenvalue weighted by Crippen LogP contribution is -2.31. The molecule has 110 valence electrons. The minimum Gasteiger partial charge on any atom is -0.394 e. The highest BCUT2D eigenvalue weighted by atomic mass is 16.5. The number of hydrogen-bond acceptors (Lipinski definition) is 8. The maximum atomic E-state index is 10.3. The quantitative estimate of drug-likeness (QED) is 0.383. The van der Waals surface area contributed by atoms with Gasteiger partial charge in [-0.05, 0) is 5.53 Å². The number of anilines is 1. The molecular weight excluding hydrogens is 280 g/mol. The summed E-state index contributed by atoms with van der Waals surface area (Å²) in [6.07, 6.45) is -0.177. The van der Waals surface area contributed by atoms with Crippen molar-refractivity contribution < 1.29 is 14.9 Å². The Morgan fingerprint density at radius 3 is 3.00 bits per heavy atom. The zero-order chi connectivity index (χ0) is 15.0. The maximum absolute atomic E-state index is 10.3. The van der Waals surface area contributed by atoms with Crippen LogP contribution in [0.1, 0.15) is 6.23 Å². The Balaban J connectivity index is 2.03. The number of aliphatic hydroxyl groups excluding tert-OH is 2. The number of ether oxygens (including phenoxy) is 1. The Morgan fingerprint density at radius 1 is 1.48 bits per heavy atom. The van der Waals surface area contributed by atoms with Crippen molar-refractivity contribution in [1.29, 1.82) is 0 Å². The highest BCUT2D eigenvalue weighted by molar-refractivity contribution is 5.81. The first-order valence-corrected chi connectivity index (χ1v) is 6.09. The molecular formula is C10H12N8O3. The van der Waals surface area contributed by atoms with Gasteiger partial charge in [0.05, 0.1) is 25.1 Å². The number of aromatic nitrogens is 4. The summed E-state index contributed by atoms with van der Waals surface area (Å²) in [6, 6.07) is -0.901. The molecule has 2 aromatic heterocycles. The van der Waals surface area contributed by atoms with E-state index < -0.39 is 24.5 Å². The van der Waals surface area contributed by atoms with Crippen LogP contribution in [0.15, 0.2) is 17.8 Å². The molecule has 0 aliphatic carbocycles. The van der Waals surface area contributed by atoms with Crippen molar-refractivity contribution in [3.05, 3.63) is 23.1 Å². The molecule has 0 spiro atoms. The van der Waals surface area contributed by atoms with Crippen molar-refractivity contribution >= 4 is 17.0 Å². The second-order valence-corrected chi connectivity index (χ2v) is 4.52. The lowest BCUT2D eigenvalue weighted by Gasteiger charge is -2.16.